The number of benzene rings is 1. The molecular weight excluding hydrogens is 326 g/mol. The van der Waals surface area contributed by atoms with E-state index in [-0.39, 0.29) is 29.6 Å². The van der Waals surface area contributed by atoms with Crippen molar-refractivity contribution in [3.05, 3.63) is 29.8 Å². The maximum absolute atomic E-state index is 12.7. The Morgan fingerprint density at radius 3 is 2.39 bits per heavy atom. The van der Waals surface area contributed by atoms with E-state index in [1.807, 2.05) is 0 Å². The molecule has 7 heteroatoms. The molecule has 2 aliphatic rings. The first kappa shape index (κ1) is 17.9. The molecule has 2 atom stereocenters. The Hall–Kier alpha value is -1.40. The van der Waals surface area contributed by atoms with Gasteiger partial charge in [0.05, 0.1) is 5.56 Å². The van der Waals surface area contributed by atoms with Gasteiger partial charge in [-0.25, -0.2) is 0 Å². The molecule has 0 bridgehead atoms. The highest BCUT2D eigenvalue weighted by Crippen LogP contribution is 2.29. The number of rotatable bonds is 3. The monoisotopic (exact) mass is 346 g/mol. The quantitative estimate of drug-likeness (QED) is 0.915. The fourth-order valence-electron chi connectivity index (χ4n) is 3.43. The summed E-state index contributed by atoms with van der Waals surface area (Å²) in [5.74, 6) is 0.966. The topological polar surface area (TPSA) is 41.6 Å². The highest BCUT2D eigenvalue weighted by Gasteiger charge is 2.32. The molecule has 0 aliphatic carbocycles. The van der Waals surface area contributed by atoms with Crippen LogP contribution in [0.4, 0.5) is 8.78 Å². The fraction of sp³-hybridized carbons (Fsp3) is 0.562. The highest BCUT2D eigenvalue weighted by atomic mass is 35.5. The van der Waals surface area contributed by atoms with E-state index in [4.69, 9.17) is 0 Å². The highest BCUT2D eigenvalue weighted by molar-refractivity contribution is 5.97. The molecule has 128 valence electrons. The third kappa shape index (κ3) is 4.12. The lowest BCUT2D eigenvalue weighted by Crippen LogP contribution is -2.33. The number of halogens is 3. The predicted octanol–water partition coefficient (Wildman–Crippen LogP) is 2.78. The van der Waals surface area contributed by atoms with Crippen molar-refractivity contribution in [2.75, 3.05) is 26.2 Å². The zero-order chi connectivity index (χ0) is 15.5. The molecule has 0 saturated carbocycles. The van der Waals surface area contributed by atoms with Crippen LogP contribution < -0.4 is 10.1 Å². The Morgan fingerprint density at radius 2 is 1.78 bits per heavy atom. The number of ether oxygens (including phenoxy) is 1. The van der Waals surface area contributed by atoms with Crippen LogP contribution in [0.5, 0.6) is 5.75 Å². The first-order chi connectivity index (χ1) is 10.6. The summed E-state index contributed by atoms with van der Waals surface area (Å²) in [5.41, 5.74) is 0.216. The largest absolute Gasteiger partial charge is 0.434 e. The van der Waals surface area contributed by atoms with Gasteiger partial charge in [-0.05, 0) is 49.9 Å². The molecular formula is C16H21ClF2N2O2. The van der Waals surface area contributed by atoms with Crippen molar-refractivity contribution < 1.29 is 18.3 Å². The van der Waals surface area contributed by atoms with Crippen LogP contribution in [0.1, 0.15) is 23.2 Å². The summed E-state index contributed by atoms with van der Waals surface area (Å²) in [6.07, 6.45) is 1.92. The third-order valence-corrected chi connectivity index (χ3v) is 4.64. The minimum Gasteiger partial charge on any atom is -0.434 e. The number of carbonyl (C=O) groups is 1. The van der Waals surface area contributed by atoms with E-state index >= 15 is 0 Å². The summed E-state index contributed by atoms with van der Waals surface area (Å²) in [6, 6.07) is 6.22. The predicted molar refractivity (Wildman–Crippen MR) is 85.3 cm³/mol. The van der Waals surface area contributed by atoms with Gasteiger partial charge < -0.3 is 15.0 Å². The second kappa shape index (κ2) is 7.93. The van der Waals surface area contributed by atoms with Crippen molar-refractivity contribution >= 4 is 18.3 Å². The average Bonchev–Trinajstić information content (AvgIpc) is 2.85. The summed E-state index contributed by atoms with van der Waals surface area (Å²) >= 11 is 0. The molecule has 3 rings (SSSR count). The number of fused-ring (bicyclic) bond motifs is 1. The van der Waals surface area contributed by atoms with Crippen LogP contribution in [0.3, 0.4) is 0 Å². The van der Waals surface area contributed by atoms with Gasteiger partial charge in [0, 0.05) is 13.1 Å². The Labute approximate surface area is 140 Å². The Morgan fingerprint density at radius 1 is 1.17 bits per heavy atom. The number of amides is 1. The molecule has 0 radical (unpaired) electrons. The van der Waals surface area contributed by atoms with Crippen molar-refractivity contribution in [1.29, 1.82) is 0 Å². The second-order valence-electron chi connectivity index (χ2n) is 5.92. The molecule has 0 spiro atoms. The fourth-order valence-corrected chi connectivity index (χ4v) is 3.43. The van der Waals surface area contributed by atoms with E-state index in [2.05, 4.69) is 10.1 Å². The van der Waals surface area contributed by atoms with E-state index in [0.717, 1.165) is 25.9 Å². The summed E-state index contributed by atoms with van der Waals surface area (Å²) in [5, 5.41) is 3.39. The van der Waals surface area contributed by atoms with Crippen molar-refractivity contribution in [2.45, 2.75) is 19.5 Å². The van der Waals surface area contributed by atoms with Gasteiger partial charge in [-0.3, -0.25) is 4.79 Å². The van der Waals surface area contributed by atoms with Gasteiger partial charge in [0.15, 0.2) is 0 Å². The number of likely N-dealkylation sites (tertiary alicyclic amines) is 1. The molecule has 2 heterocycles. The number of nitrogens with zero attached hydrogens (tertiary/aromatic N) is 1. The van der Waals surface area contributed by atoms with Gasteiger partial charge in [0.1, 0.15) is 5.75 Å². The summed E-state index contributed by atoms with van der Waals surface area (Å²) in [4.78, 5) is 14.4. The van der Waals surface area contributed by atoms with Crippen molar-refractivity contribution in [3.8, 4) is 5.75 Å². The molecule has 23 heavy (non-hydrogen) atoms. The molecule has 2 saturated heterocycles. The standard InChI is InChI=1S/C16H20F2N2O2.ClH/c17-16(18)22-14-4-2-1-3-13(14)15(21)20-7-5-11-9-19-10-12(11)6-8-20;/h1-4,11-12,16,19H,5-10H2;1H/t11-,12+;. The number of nitrogens with one attached hydrogen (secondary N) is 1. The number of hydrogen-bond donors (Lipinski definition) is 1. The molecule has 1 aromatic carbocycles. The van der Waals surface area contributed by atoms with Crippen molar-refractivity contribution in [2.24, 2.45) is 11.8 Å². The van der Waals surface area contributed by atoms with Gasteiger partial charge in [-0.2, -0.15) is 8.78 Å². The molecule has 1 aromatic rings. The van der Waals surface area contributed by atoms with Crippen LogP contribution in [-0.2, 0) is 0 Å². The zero-order valence-electron chi connectivity index (χ0n) is 12.7. The Balaban J connectivity index is 0.00000192. The van der Waals surface area contributed by atoms with Crippen molar-refractivity contribution in [1.82, 2.24) is 10.2 Å². The minimum absolute atomic E-state index is 0. The van der Waals surface area contributed by atoms with Crippen LogP contribution in [-0.4, -0.2) is 43.6 Å². The Kier molecular flexibility index (Phi) is 6.18. The lowest BCUT2D eigenvalue weighted by molar-refractivity contribution is -0.0502. The smallest absolute Gasteiger partial charge is 0.387 e. The normalized spacial score (nSPS) is 23.9. The van der Waals surface area contributed by atoms with E-state index in [1.165, 1.54) is 6.07 Å². The molecule has 0 unspecified atom stereocenters. The lowest BCUT2D eigenvalue weighted by Gasteiger charge is -2.22. The van der Waals surface area contributed by atoms with Crippen LogP contribution in [0, 0.1) is 11.8 Å². The van der Waals surface area contributed by atoms with E-state index < -0.39 is 6.61 Å². The lowest BCUT2D eigenvalue weighted by atomic mass is 9.92. The number of alkyl halides is 2. The SMILES string of the molecule is Cl.O=C(c1ccccc1OC(F)F)N1CC[C@@H]2CNC[C@@H]2CC1. The number of hydrogen-bond acceptors (Lipinski definition) is 3. The first-order valence-electron chi connectivity index (χ1n) is 7.69. The first-order valence-corrected chi connectivity index (χ1v) is 7.69. The van der Waals surface area contributed by atoms with Gasteiger partial charge in [-0.1, -0.05) is 12.1 Å². The van der Waals surface area contributed by atoms with Crippen LogP contribution >= 0.6 is 12.4 Å². The summed E-state index contributed by atoms with van der Waals surface area (Å²) in [6.45, 7) is 0.439. The number of carbonyl (C=O) groups excluding carboxylic acids is 1. The molecule has 2 fully saturated rings. The maximum Gasteiger partial charge on any atom is 0.387 e. The molecule has 4 nitrogen and oxygen atoms in total. The van der Waals surface area contributed by atoms with Crippen molar-refractivity contribution in [3.63, 3.8) is 0 Å². The van der Waals surface area contributed by atoms with E-state index in [9.17, 15) is 13.6 Å². The van der Waals surface area contributed by atoms with Gasteiger partial charge >= 0.3 is 6.61 Å². The average molecular weight is 347 g/mol. The van der Waals surface area contributed by atoms with Gasteiger partial charge in [0.2, 0.25) is 0 Å². The zero-order valence-corrected chi connectivity index (χ0v) is 13.5. The number of para-hydroxylation sites is 1. The minimum atomic E-state index is -2.93. The van der Waals surface area contributed by atoms with Gasteiger partial charge in [0.25, 0.3) is 5.91 Å². The van der Waals surface area contributed by atoms with Crippen LogP contribution in [0.15, 0.2) is 24.3 Å². The van der Waals surface area contributed by atoms with Crippen LogP contribution in [0.25, 0.3) is 0 Å². The van der Waals surface area contributed by atoms with Crippen LogP contribution in [0.2, 0.25) is 0 Å². The molecule has 2 aliphatic heterocycles. The third-order valence-electron chi connectivity index (χ3n) is 4.64. The van der Waals surface area contributed by atoms with E-state index in [1.54, 1.807) is 23.1 Å². The second-order valence-corrected chi connectivity index (χ2v) is 5.92. The van der Waals surface area contributed by atoms with E-state index in [0.29, 0.717) is 24.9 Å². The summed E-state index contributed by atoms with van der Waals surface area (Å²) in [7, 11) is 0. The molecule has 1 N–H and O–H groups in total. The molecule has 1 amide bonds. The van der Waals surface area contributed by atoms with Gasteiger partial charge in [-0.15, -0.1) is 12.4 Å². The Bertz CT molecular complexity index is 531. The summed E-state index contributed by atoms with van der Waals surface area (Å²) < 4.78 is 29.4. The maximum atomic E-state index is 12.7. The molecule has 0 aromatic heterocycles.